The third kappa shape index (κ3) is 3.82. The van der Waals surface area contributed by atoms with Gasteiger partial charge in [-0.25, -0.2) is 26.0 Å². The first kappa shape index (κ1) is 22.4. The van der Waals surface area contributed by atoms with Crippen molar-refractivity contribution >= 4 is 26.6 Å². The van der Waals surface area contributed by atoms with E-state index in [0.29, 0.717) is 0 Å². The van der Waals surface area contributed by atoms with E-state index >= 15 is 8.78 Å². The van der Waals surface area contributed by atoms with Crippen LogP contribution in [0.4, 0.5) is 17.6 Å². The summed E-state index contributed by atoms with van der Waals surface area (Å²) in [5, 5.41) is 5.92. The number of nitrogens with two attached hydrogens (primary N) is 1. The Morgan fingerprint density at radius 2 is 1.82 bits per heavy atom. The highest BCUT2D eigenvalue weighted by atomic mass is 32.2. The largest absolute Gasteiger partial charge is 0.364 e. The summed E-state index contributed by atoms with van der Waals surface area (Å²) in [4.78, 5) is 14.6. The summed E-state index contributed by atoms with van der Waals surface area (Å²) in [7, 11) is -4.28. The summed E-state index contributed by atoms with van der Waals surface area (Å²) < 4.78 is 84.0. The number of aromatic nitrogens is 3. The third-order valence-corrected chi connectivity index (χ3v) is 6.81. The Kier molecular flexibility index (Phi) is 5.40. The van der Waals surface area contributed by atoms with Crippen molar-refractivity contribution in [3.8, 4) is 11.1 Å². The van der Waals surface area contributed by atoms with Crippen molar-refractivity contribution in [2.75, 3.05) is 0 Å². The molecule has 4 rings (SSSR count). The molecule has 0 aliphatic heterocycles. The Bertz CT molecular complexity index is 1550. The zero-order valence-corrected chi connectivity index (χ0v) is 17.6. The van der Waals surface area contributed by atoms with Crippen molar-refractivity contribution in [2.24, 2.45) is 5.73 Å². The Morgan fingerprint density at radius 1 is 1.09 bits per heavy atom. The van der Waals surface area contributed by atoms with Crippen LogP contribution < -0.4 is 5.73 Å². The number of pyridine rings is 1. The van der Waals surface area contributed by atoms with Gasteiger partial charge >= 0.3 is 0 Å². The van der Waals surface area contributed by atoms with Crippen LogP contribution in [-0.2, 0) is 15.6 Å². The molecule has 2 aromatic heterocycles. The maximum absolute atomic E-state index is 15.3. The Morgan fingerprint density at radius 3 is 2.52 bits per heavy atom. The number of carbonyl (C=O) groups is 1. The predicted molar refractivity (Wildman–Crippen MR) is 110 cm³/mol. The van der Waals surface area contributed by atoms with Gasteiger partial charge in [-0.2, -0.15) is 5.10 Å². The minimum Gasteiger partial charge on any atom is -0.364 e. The molecule has 33 heavy (non-hydrogen) atoms. The Labute approximate surface area is 184 Å². The number of aryl methyl sites for hydroxylation is 1. The first-order valence-corrected chi connectivity index (χ1v) is 10.9. The molecule has 7 nitrogen and oxygen atoms in total. The number of fused-ring (bicyclic) bond motifs is 1. The van der Waals surface area contributed by atoms with E-state index in [-0.39, 0.29) is 22.3 Å². The van der Waals surface area contributed by atoms with E-state index in [1.54, 1.807) is 0 Å². The van der Waals surface area contributed by atoms with E-state index in [0.717, 1.165) is 30.5 Å². The number of benzene rings is 2. The Hall–Kier alpha value is -3.80. The number of hydrogen-bond donors (Lipinski definition) is 2. The van der Waals surface area contributed by atoms with Crippen LogP contribution in [0.2, 0.25) is 0 Å². The van der Waals surface area contributed by atoms with Crippen LogP contribution in [0.25, 0.3) is 22.0 Å². The summed E-state index contributed by atoms with van der Waals surface area (Å²) in [5.74, 6) is -6.36. The van der Waals surface area contributed by atoms with Crippen LogP contribution in [0.15, 0.2) is 41.4 Å². The van der Waals surface area contributed by atoms with Crippen LogP contribution in [0.1, 0.15) is 21.7 Å². The van der Waals surface area contributed by atoms with Gasteiger partial charge in [0.2, 0.25) is 0 Å². The molecule has 12 heteroatoms. The predicted octanol–water partition coefficient (Wildman–Crippen LogP) is 3.56. The first-order chi connectivity index (χ1) is 15.5. The third-order valence-electron chi connectivity index (χ3n) is 5.04. The van der Waals surface area contributed by atoms with Crippen molar-refractivity contribution in [1.29, 1.82) is 0 Å². The number of rotatable bonds is 5. The molecule has 0 fully saturated rings. The summed E-state index contributed by atoms with van der Waals surface area (Å²) in [6.07, 6.45) is 0.836. The highest BCUT2D eigenvalue weighted by molar-refractivity contribution is 7.90. The molecule has 0 saturated heterocycles. The normalized spacial score (nSPS) is 11.8. The molecule has 0 aliphatic rings. The molecule has 0 radical (unpaired) electrons. The van der Waals surface area contributed by atoms with Crippen molar-refractivity contribution in [3.63, 3.8) is 0 Å². The highest BCUT2D eigenvalue weighted by Crippen LogP contribution is 2.35. The first-order valence-electron chi connectivity index (χ1n) is 9.29. The molecule has 0 atom stereocenters. The monoisotopic (exact) mass is 478 g/mol. The number of sulfone groups is 1. The minimum absolute atomic E-state index is 0.000531. The highest BCUT2D eigenvalue weighted by Gasteiger charge is 2.26. The van der Waals surface area contributed by atoms with E-state index in [9.17, 15) is 22.0 Å². The number of nitrogens with zero attached hydrogens (tertiary/aromatic N) is 2. The van der Waals surface area contributed by atoms with Gasteiger partial charge in [0.15, 0.2) is 15.7 Å². The summed E-state index contributed by atoms with van der Waals surface area (Å²) in [5.41, 5.74) is 2.80. The van der Waals surface area contributed by atoms with Gasteiger partial charge in [-0.1, -0.05) is 12.1 Å². The molecule has 0 spiro atoms. The van der Waals surface area contributed by atoms with Gasteiger partial charge in [-0.05, 0) is 25.1 Å². The fourth-order valence-electron chi connectivity index (χ4n) is 3.47. The second-order valence-corrected chi connectivity index (χ2v) is 9.14. The zero-order chi connectivity index (χ0) is 24.1. The van der Waals surface area contributed by atoms with Crippen LogP contribution in [-0.4, -0.2) is 29.5 Å². The second-order valence-electron chi connectivity index (χ2n) is 7.18. The van der Waals surface area contributed by atoms with Crippen LogP contribution >= 0.6 is 0 Å². The van der Waals surface area contributed by atoms with Gasteiger partial charge < -0.3 is 5.73 Å². The molecule has 1 amide bonds. The van der Waals surface area contributed by atoms with Gasteiger partial charge in [-0.15, -0.1) is 0 Å². The maximum Gasteiger partial charge on any atom is 0.267 e. The Balaban J connectivity index is 1.84. The lowest BCUT2D eigenvalue weighted by Gasteiger charge is -2.12. The second kappa shape index (κ2) is 7.96. The van der Waals surface area contributed by atoms with Crippen LogP contribution in [0.5, 0.6) is 0 Å². The molecule has 0 aliphatic carbocycles. The lowest BCUT2D eigenvalue weighted by atomic mass is 9.99. The van der Waals surface area contributed by atoms with Gasteiger partial charge in [0.05, 0.1) is 28.1 Å². The summed E-state index contributed by atoms with van der Waals surface area (Å²) in [6, 6.07) is 4.69. The number of amides is 1. The quantitative estimate of drug-likeness (QED) is 0.425. The van der Waals surface area contributed by atoms with E-state index in [1.165, 1.54) is 13.0 Å². The van der Waals surface area contributed by atoms with Crippen LogP contribution in [0, 0.1) is 30.2 Å². The van der Waals surface area contributed by atoms with E-state index in [1.807, 2.05) is 0 Å². The smallest absolute Gasteiger partial charge is 0.267 e. The molecular formula is C21H14F4N4O3S. The van der Waals surface area contributed by atoms with Crippen molar-refractivity contribution in [2.45, 2.75) is 17.6 Å². The van der Waals surface area contributed by atoms with Crippen molar-refractivity contribution < 1.29 is 30.8 Å². The number of nitrogens with one attached hydrogen (secondary N) is 1. The van der Waals surface area contributed by atoms with Gasteiger partial charge in [0.25, 0.3) is 5.91 Å². The molecule has 0 unspecified atom stereocenters. The maximum atomic E-state index is 15.3. The number of hydrogen-bond acceptors (Lipinski definition) is 5. The van der Waals surface area contributed by atoms with Gasteiger partial charge in [0, 0.05) is 16.5 Å². The molecule has 2 aromatic carbocycles. The molecule has 170 valence electrons. The van der Waals surface area contributed by atoms with Crippen molar-refractivity contribution in [1.82, 2.24) is 15.2 Å². The summed E-state index contributed by atoms with van der Waals surface area (Å²) >= 11 is 0. The number of carbonyl (C=O) groups excluding carboxylic acids is 1. The topological polar surface area (TPSA) is 119 Å². The number of halogens is 4. The molecular weight excluding hydrogens is 464 g/mol. The minimum atomic E-state index is -4.28. The number of aromatic amines is 1. The van der Waals surface area contributed by atoms with E-state index < -0.39 is 66.4 Å². The summed E-state index contributed by atoms with van der Waals surface area (Å²) in [6.45, 7) is 1.34. The molecule has 0 saturated carbocycles. The fraction of sp³-hybridized carbons (Fsp3) is 0.0952. The molecule has 4 aromatic rings. The standard InChI is InChI=1S/C21H14F4N4O3S/c1-9-15(6-11(22)7-27-9)33(31,32)8-10-2-5-14(23)16(17(10)24)12-3-4-13-19(18(12)25)28-29-20(13)21(26)30/h2-7H,8H2,1H3,(H2,26,30)(H,28,29). The molecule has 2 heterocycles. The lowest BCUT2D eigenvalue weighted by Crippen LogP contribution is -2.11. The van der Waals surface area contributed by atoms with Crippen LogP contribution in [0.3, 0.4) is 0 Å². The molecule has 0 bridgehead atoms. The fourth-order valence-corrected chi connectivity index (χ4v) is 5.05. The van der Waals surface area contributed by atoms with E-state index in [2.05, 4.69) is 15.2 Å². The number of primary amides is 1. The van der Waals surface area contributed by atoms with Gasteiger partial charge in [0.1, 0.15) is 28.7 Å². The van der Waals surface area contributed by atoms with E-state index in [4.69, 9.17) is 5.73 Å². The lowest BCUT2D eigenvalue weighted by molar-refractivity contribution is 0.0997. The SMILES string of the molecule is Cc1ncc(F)cc1S(=O)(=O)Cc1ccc(F)c(-c2ccc3c(C(N)=O)[nH]nc3c2F)c1F. The average molecular weight is 478 g/mol. The average Bonchev–Trinajstić information content (AvgIpc) is 3.19. The molecule has 3 N–H and O–H groups in total. The van der Waals surface area contributed by atoms with Gasteiger partial charge in [-0.3, -0.25) is 14.9 Å². The zero-order valence-electron chi connectivity index (χ0n) is 16.8. The number of H-pyrrole nitrogens is 1. The van der Waals surface area contributed by atoms with Crippen molar-refractivity contribution in [3.05, 3.63) is 76.7 Å².